The van der Waals surface area contributed by atoms with Crippen LogP contribution < -0.4 is 5.73 Å². The highest BCUT2D eigenvalue weighted by atomic mass is 32.2. The van der Waals surface area contributed by atoms with Crippen LogP contribution in [0.4, 0.5) is 11.4 Å². The van der Waals surface area contributed by atoms with Crippen molar-refractivity contribution in [3.8, 4) is 0 Å². The van der Waals surface area contributed by atoms with Crippen LogP contribution in [-0.2, 0) is 0 Å². The number of para-hydroxylation sites is 1. The summed E-state index contributed by atoms with van der Waals surface area (Å²) in [6, 6.07) is 22.9. The van der Waals surface area contributed by atoms with Gasteiger partial charge < -0.3 is 5.73 Å². The first-order valence-corrected chi connectivity index (χ1v) is 9.26. The van der Waals surface area contributed by atoms with Crippen LogP contribution in [0.1, 0.15) is 27.6 Å². The van der Waals surface area contributed by atoms with Crippen molar-refractivity contribution in [1.29, 1.82) is 0 Å². The molecule has 0 saturated heterocycles. The number of non-ortho nitro benzene ring substituents is 1. The summed E-state index contributed by atoms with van der Waals surface area (Å²) in [6.07, 6.45) is 0.265. The number of nitro benzene ring substituents is 1. The largest absolute Gasteiger partial charge is 0.398 e. The summed E-state index contributed by atoms with van der Waals surface area (Å²) in [5, 5.41) is 10.7. The van der Waals surface area contributed by atoms with Crippen molar-refractivity contribution in [2.75, 3.05) is 5.73 Å². The van der Waals surface area contributed by atoms with E-state index < -0.39 is 4.92 Å². The van der Waals surface area contributed by atoms with Gasteiger partial charge in [-0.1, -0.05) is 54.6 Å². The van der Waals surface area contributed by atoms with Crippen molar-refractivity contribution in [2.24, 2.45) is 0 Å². The fraction of sp³-hybridized carbons (Fsp3) is 0.0952. The Balaban J connectivity index is 1.89. The van der Waals surface area contributed by atoms with Crippen LogP contribution in [0.5, 0.6) is 0 Å². The summed E-state index contributed by atoms with van der Waals surface area (Å²) >= 11 is 1.49. The number of hydrogen-bond acceptors (Lipinski definition) is 5. The number of nitrogens with two attached hydrogens (primary N) is 1. The highest BCUT2D eigenvalue weighted by Crippen LogP contribution is 2.41. The second-order valence-electron chi connectivity index (χ2n) is 5.99. The molecule has 5 nitrogen and oxygen atoms in total. The summed E-state index contributed by atoms with van der Waals surface area (Å²) in [4.78, 5) is 24.1. The first-order valence-electron chi connectivity index (χ1n) is 8.38. The number of nitrogens with zero attached hydrogens (tertiary/aromatic N) is 1. The van der Waals surface area contributed by atoms with E-state index in [2.05, 4.69) is 0 Å². The third-order valence-electron chi connectivity index (χ3n) is 4.13. The topological polar surface area (TPSA) is 86.2 Å². The van der Waals surface area contributed by atoms with E-state index in [1.165, 1.54) is 23.9 Å². The zero-order valence-electron chi connectivity index (χ0n) is 14.4. The normalized spacial score (nSPS) is 11.7. The number of thioether (sulfide) groups is 1. The molecule has 0 radical (unpaired) electrons. The van der Waals surface area contributed by atoms with E-state index >= 15 is 0 Å². The molecule has 0 spiro atoms. The number of benzene rings is 3. The molecular formula is C21H18N2O3S. The van der Waals surface area contributed by atoms with Crippen LogP contribution in [-0.4, -0.2) is 10.7 Å². The third kappa shape index (κ3) is 4.74. The fourth-order valence-electron chi connectivity index (χ4n) is 2.69. The van der Waals surface area contributed by atoms with Crippen LogP contribution >= 0.6 is 11.8 Å². The maximum absolute atomic E-state index is 12.7. The van der Waals surface area contributed by atoms with Gasteiger partial charge >= 0.3 is 0 Å². The first-order chi connectivity index (χ1) is 13.0. The van der Waals surface area contributed by atoms with Gasteiger partial charge in [0.1, 0.15) is 0 Å². The number of carbonyl (C=O) groups excluding carboxylic acids is 1. The van der Waals surface area contributed by atoms with Gasteiger partial charge in [-0.3, -0.25) is 14.9 Å². The van der Waals surface area contributed by atoms with Crippen LogP contribution in [0, 0.1) is 10.1 Å². The SMILES string of the molecule is Nc1ccccc1S[C@H](CC(=O)c1ccccc1)c1ccc([N+](=O)[O-])cc1. The van der Waals surface area contributed by atoms with Gasteiger partial charge in [0.15, 0.2) is 5.78 Å². The van der Waals surface area contributed by atoms with Crippen molar-refractivity contribution >= 4 is 28.9 Å². The minimum absolute atomic E-state index is 0.0148. The molecule has 0 heterocycles. The molecule has 3 rings (SSSR count). The zero-order valence-corrected chi connectivity index (χ0v) is 15.3. The van der Waals surface area contributed by atoms with E-state index in [-0.39, 0.29) is 23.1 Å². The quantitative estimate of drug-likeness (QED) is 0.199. The first kappa shape index (κ1) is 18.7. The lowest BCUT2D eigenvalue weighted by Crippen LogP contribution is -2.06. The Morgan fingerprint density at radius 1 is 0.963 bits per heavy atom. The Hall–Kier alpha value is -3.12. The molecule has 0 saturated carbocycles. The molecule has 0 bridgehead atoms. The minimum atomic E-state index is -0.434. The van der Waals surface area contributed by atoms with Gasteiger partial charge in [0.05, 0.1) is 4.92 Å². The molecule has 0 aliphatic heterocycles. The molecule has 3 aromatic carbocycles. The summed E-state index contributed by atoms with van der Waals surface area (Å²) in [5.74, 6) is 0.0148. The third-order valence-corrected chi connectivity index (χ3v) is 5.48. The number of rotatable bonds is 7. The van der Waals surface area contributed by atoms with E-state index in [9.17, 15) is 14.9 Å². The molecule has 2 N–H and O–H groups in total. The molecule has 0 fully saturated rings. The van der Waals surface area contributed by atoms with Crippen LogP contribution in [0.3, 0.4) is 0 Å². The number of ketones is 1. The number of nitrogen functional groups attached to an aromatic ring is 1. The van der Waals surface area contributed by atoms with Gasteiger partial charge in [0, 0.05) is 39.9 Å². The Bertz CT molecular complexity index is 943. The standard InChI is InChI=1S/C21H18N2O3S/c22-18-8-4-5-9-20(18)27-21(14-19(24)15-6-2-1-3-7-15)16-10-12-17(13-11-16)23(25)26/h1-13,21H,14,22H2/t21-/m1/s1. The molecule has 0 aliphatic rings. The number of carbonyl (C=O) groups is 1. The number of anilines is 1. The zero-order chi connectivity index (χ0) is 19.2. The van der Waals surface area contributed by atoms with Crippen molar-refractivity contribution in [2.45, 2.75) is 16.6 Å². The summed E-state index contributed by atoms with van der Waals surface area (Å²) < 4.78 is 0. The molecule has 0 unspecified atom stereocenters. The van der Waals surface area contributed by atoms with Gasteiger partial charge in [-0.15, -0.1) is 11.8 Å². The van der Waals surface area contributed by atoms with E-state index in [4.69, 9.17) is 5.73 Å². The van der Waals surface area contributed by atoms with Gasteiger partial charge in [-0.2, -0.15) is 0 Å². The van der Waals surface area contributed by atoms with Gasteiger partial charge in [0.25, 0.3) is 5.69 Å². The fourth-order valence-corrected chi connectivity index (χ4v) is 3.89. The molecule has 0 aromatic heterocycles. The predicted octanol–water partition coefficient (Wildman–Crippen LogP) is 5.28. The smallest absolute Gasteiger partial charge is 0.269 e. The van der Waals surface area contributed by atoms with E-state index in [0.717, 1.165) is 10.5 Å². The molecule has 6 heteroatoms. The molecular weight excluding hydrogens is 360 g/mol. The van der Waals surface area contributed by atoms with Crippen LogP contribution in [0.15, 0.2) is 83.8 Å². The van der Waals surface area contributed by atoms with E-state index in [0.29, 0.717) is 11.3 Å². The van der Waals surface area contributed by atoms with Crippen LogP contribution in [0.25, 0.3) is 0 Å². The van der Waals surface area contributed by atoms with E-state index in [1.54, 1.807) is 24.3 Å². The Morgan fingerprint density at radius 2 is 1.59 bits per heavy atom. The lowest BCUT2D eigenvalue weighted by atomic mass is 10.0. The summed E-state index contributed by atoms with van der Waals surface area (Å²) in [5.41, 5.74) is 8.21. The molecule has 136 valence electrons. The minimum Gasteiger partial charge on any atom is -0.398 e. The number of Topliss-reactive ketones (excluding diaryl/α,β-unsaturated/α-hetero) is 1. The summed E-state index contributed by atoms with van der Waals surface area (Å²) in [6.45, 7) is 0. The Morgan fingerprint density at radius 3 is 2.22 bits per heavy atom. The van der Waals surface area contributed by atoms with Crippen molar-refractivity contribution in [1.82, 2.24) is 0 Å². The predicted molar refractivity (Wildman–Crippen MR) is 108 cm³/mol. The average Bonchev–Trinajstić information content (AvgIpc) is 2.69. The molecule has 27 heavy (non-hydrogen) atoms. The van der Waals surface area contributed by atoms with Gasteiger partial charge in [0.2, 0.25) is 0 Å². The molecule has 0 aliphatic carbocycles. The highest BCUT2D eigenvalue weighted by molar-refractivity contribution is 7.99. The van der Waals surface area contributed by atoms with Crippen molar-refractivity contribution < 1.29 is 9.72 Å². The Labute approximate surface area is 161 Å². The van der Waals surface area contributed by atoms with E-state index in [1.807, 2.05) is 42.5 Å². The highest BCUT2D eigenvalue weighted by Gasteiger charge is 2.20. The monoisotopic (exact) mass is 378 g/mol. The van der Waals surface area contributed by atoms with Crippen molar-refractivity contribution in [3.05, 3.63) is 100 Å². The lowest BCUT2D eigenvalue weighted by Gasteiger charge is -2.17. The van der Waals surface area contributed by atoms with Gasteiger partial charge in [-0.25, -0.2) is 0 Å². The Kier molecular flexibility index (Phi) is 5.88. The average molecular weight is 378 g/mol. The lowest BCUT2D eigenvalue weighted by molar-refractivity contribution is -0.384. The molecule has 0 amide bonds. The second kappa shape index (κ2) is 8.51. The summed E-state index contributed by atoms with van der Waals surface area (Å²) in [7, 11) is 0. The van der Waals surface area contributed by atoms with Gasteiger partial charge in [-0.05, 0) is 17.7 Å². The van der Waals surface area contributed by atoms with Crippen LogP contribution in [0.2, 0.25) is 0 Å². The maximum atomic E-state index is 12.7. The molecule has 1 atom stereocenters. The maximum Gasteiger partial charge on any atom is 0.269 e. The molecule has 3 aromatic rings. The number of nitro groups is 1. The second-order valence-corrected chi connectivity index (χ2v) is 7.23. The van der Waals surface area contributed by atoms with Crippen molar-refractivity contribution in [3.63, 3.8) is 0 Å². The number of hydrogen-bond donors (Lipinski definition) is 1.